The Bertz CT molecular complexity index is 703. The minimum absolute atomic E-state index is 0.367. The van der Waals surface area contributed by atoms with Gasteiger partial charge in [-0.15, -0.1) is 0 Å². The fourth-order valence-corrected chi connectivity index (χ4v) is 6.00. The van der Waals surface area contributed by atoms with E-state index in [1.165, 1.54) is 23.8 Å². The van der Waals surface area contributed by atoms with Crippen molar-refractivity contribution >= 4 is 16.7 Å². The fourth-order valence-electron chi connectivity index (χ4n) is 6.00. The normalized spacial score (nSPS) is 41.0. The van der Waals surface area contributed by atoms with Crippen LogP contribution in [-0.2, 0) is 0 Å². The lowest BCUT2D eigenvalue weighted by atomic mass is 9.49. The molecule has 3 nitrogen and oxygen atoms in total. The third-order valence-corrected chi connectivity index (χ3v) is 6.35. The molecule has 4 aliphatic rings. The number of nitrogen functional groups attached to an aromatic ring is 1. The predicted octanol–water partition coefficient (Wildman–Crippen LogP) is 3.40. The van der Waals surface area contributed by atoms with Gasteiger partial charge in [-0.05, 0) is 61.8 Å². The van der Waals surface area contributed by atoms with Crippen molar-refractivity contribution in [3.05, 3.63) is 29.8 Å². The van der Waals surface area contributed by atoms with Crippen LogP contribution in [-0.4, -0.2) is 15.7 Å². The van der Waals surface area contributed by atoms with E-state index in [1.54, 1.807) is 0 Å². The topological polar surface area (TPSA) is 62.0 Å². The van der Waals surface area contributed by atoms with Gasteiger partial charge < -0.3 is 15.8 Å². The number of H-pyrrole nitrogens is 1. The van der Waals surface area contributed by atoms with Gasteiger partial charge in [0.05, 0.1) is 5.60 Å². The van der Waals surface area contributed by atoms with E-state index in [0.717, 1.165) is 36.5 Å². The molecule has 110 valence electrons. The summed E-state index contributed by atoms with van der Waals surface area (Å²) in [6.07, 6.45) is 5.55. The Balaban J connectivity index is 1.66. The van der Waals surface area contributed by atoms with Crippen LogP contribution in [0.3, 0.4) is 0 Å². The van der Waals surface area contributed by atoms with Crippen molar-refractivity contribution in [1.29, 1.82) is 0 Å². The van der Waals surface area contributed by atoms with Crippen molar-refractivity contribution in [2.45, 2.75) is 43.6 Å². The van der Waals surface area contributed by atoms with Crippen LogP contribution in [0.5, 0.6) is 0 Å². The van der Waals surface area contributed by atoms with Crippen molar-refractivity contribution in [1.82, 2.24) is 4.98 Å². The average molecular weight is 282 g/mol. The summed E-state index contributed by atoms with van der Waals surface area (Å²) in [4.78, 5) is 3.36. The van der Waals surface area contributed by atoms with Crippen molar-refractivity contribution in [3.63, 3.8) is 0 Å². The van der Waals surface area contributed by atoms with Gasteiger partial charge in [-0.25, -0.2) is 0 Å². The molecule has 4 bridgehead atoms. The summed E-state index contributed by atoms with van der Waals surface area (Å²) in [6, 6.07) is 8.46. The molecule has 4 saturated carbocycles. The van der Waals surface area contributed by atoms with Gasteiger partial charge in [0, 0.05) is 16.5 Å². The van der Waals surface area contributed by atoms with E-state index in [-0.39, 0.29) is 5.60 Å². The second-order valence-corrected chi connectivity index (χ2v) is 7.72. The number of aliphatic hydroxyl groups is 1. The van der Waals surface area contributed by atoms with Crippen LogP contribution in [0.25, 0.3) is 10.9 Å². The van der Waals surface area contributed by atoms with Crippen molar-refractivity contribution in [2.24, 2.45) is 17.8 Å². The zero-order valence-corrected chi connectivity index (χ0v) is 12.2. The van der Waals surface area contributed by atoms with Crippen molar-refractivity contribution < 1.29 is 5.11 Å². The molecule has 1 aromatic carbocycles. The number of fused-ring (bicyclic) bond motifs is 1. The smallest absolute Gasteiger partial charge is 0.105 e. The lowest BCUT2D eigenvalue weighted by molar-refractivity contribution is -0.134. The predicted molar refractivity (Wildman–Crippen MR) is 84.0 cm³/mol. The van der Waals surface area contributed by atoms with Crippen LogP contribution in [0.2, 0.25) is 0 Å². The highest BCUT2D eigenvalue weighted by Gasteiger charge is 2.55. The second-order valence-electron chi connectivity index (χ2n) is 7.72. The van der Waals surface area contributed by atoms with E-state index in [1.807, 2.05) is 0 Å². The summed E-state index contributed by atoms with van der Waals surface area (Å²) in [7, 11) is 0. The SMILES string of the molecule is Nc1[nH]c2ccccc2c1C1C2CC3CC1CC(O)(C3)C2. The largest absolute Gasteiger partial charge is 0.390 e. The first-order valence-electron chi connectivity index (χ1n) is 8.21. The highest BCUT2D eigenvalue weighted by molar-refractivity contribution is 5.89. The number of hydrogen-bond donors (Lipinski definition) is 3. The molecule has 0 aliphatic heterocycles. The van der Waals surface area contributed by atoms with Crippen LogP contribution in [0.4, 0.5) is 5.82 Å². The van der Waals surface area contributed by atoms with Crippen molar-refractivity contribution in [3.8, 4) is 0 Å². The third kappa shape index (κ3) is 1.58. The van der Waals surface area contributed by atoms with Crippen molar-refractivity contribution in [2.75, 3.05) is 5.73 Å². The van der Waals surface area contributed by atoms with Gasteiger partial charge in [0.25, 0.3) is 0 Å². The van der Waals surface area contributed by atoms with Crippen LogP contribution in [0.1, 0.15) is 43.6 Å². The zero-order chi connectivity index (χ0) is 14.2. The highest BCUT2D eigenvalue weighted by atomic mass is 16.3. The Hall–Kier alpha value is -1.48. The molecular weight excluding hydrogens is 260 g/mol. The number of para-hydroxylation sites is 1. The standard InChI is InChI=1S/C18H22N2O/c19-17-16(13-3-1-2-4-14(13)20-17)15-11-5-10-6-12(15)9-18(21,7-10)8-11/h1-4,10-12,15,20-21H,5-9,19H2. The molecule has 4 N–H and O–H groups in total. The number of rotatable bonds is 1. The number of aromatic amines is 1. The van der Waals surface area contributed by atoms with E-state index < -0.39 is 0 Å². The molecule has 2 unspecified atom stereocenters. The lowest BCUT2D eigenvalue weighted by Gasteiger charge is -2.58. The Morgan fingerprint density at radius 1 is 1.10 bits per heavy atom. The molecule has 0 amide bonds. The highest BCUT2D eigenvalue weighted by Crippen LogP contribution is 2.62. The molecule has 6 rings (SSSR count). The molecule has 3 heteroatoms. The zero-order valence-electron chi connectivity index (χ0n) is 12.2. The van der Waals surface area contributed by atoms with E-state index in [9.17, 15) is 5.11 Å². The van der Waals surface area contributed by atoms with Crippen LogP contribution < -0.4 is 5.73 Å². The Morgan fingerprint density at radius 3 is 2.52 bits per heavy atom. The molecule has 0 radical (unpaired) electrons. The quantitative estimate of drug-likeness (QED) is 0.750. The van der Waals surface area contributed by atoms with Gasteiger partial charge in [-0.3, -0.25) is 0 Å². The summed E-state index contributed by atoms with van der Waals surface area (Å²) >= 11 is 0. The first-order chi connectivity index (χ1) is 10.1. The molecule has 21 heavy (non-hydrogen) atoms. The molecular formula is C18H22N2O. The fraction of sp³-hybridized carbons (Fsp3) is 0.556. The van der Waals surface area contributed by atoms with Gasteiger partial charge in [-0.1, -0.05) is 18.2 Å². The van der Waals surface area contributed by atoms with Gasteiger partial charge in [0.15, 0.2) is 0 Å². The second kappa shape index (κ2) is 3.83. The molecule has 0 spiro atoms. The number of hydrogen-bond acceptors (Lipinski definition) is 2. The number of nitrogens with one attached hydrogen (secondary N) is 1. The molecule has 4 fully saturated rings. The molecule has 1 heterocycles. The van der Waals surface area contributed by atoms with E-state index in [2.05, 4.69) is 29.2 Å². The maximum absolute atomic E-state index is 10.8. The summed E-state index contributed by atoms with van der Waals surface area (Å²) in [5, 5.41) is 12.1. The Labute approximate surface area is 124 Å². The number of anilines is 1. The summed E-state index contributed by atoms with van der Waals surface area (Å²) in [5.74, 6) is 3.36. The van der Waals surface area contributed by atoms with Gasteiger partial charge in [0.1, 0.15) is 5.82 Å². The molecule has 4 aliphatic carbocycles. The summed E-state index contributed by atoms with van der Waals surface area (Å²) in [6.45, 7) is 0. The molecule has 1 aromatic heterocycles. The maximum atomic E-state index is 10.8. The van der Waals surface area contributed by atoms with Gasteiger partial charge in [0.2, 0.25) is 0 Å². The summed E-state index contributed by atoms with van der Waals surface area (Å²) in [5.41, 5.74) is 8.47. The summed E-state index contributed by atoms with van der Waals surface area (Å²) < 4.78 is 0. The minimum atomic E-state index is -0.367. The molecule has 2 atom stereocenters. The van der Waals surface area contributed by atoms with E-state index in [4.69, 9.17) is 5.73 Å². The van der Waals surface area contributed by atoms with Crippen LogP contribution >= 0.6 is 0 Å². The van der Waals surface area contributed by atoms with Gasteiger partial charge in [-0.2, -0.15) is 0 Å². The lowest BCUT2D eigenvalue weighted by Crippen LogP contribution is -2.53. The number of nitrogens with two attached hydrogens (primary N) is 1. The molecule has 0 saturated heterocycles. The van der Waals surface area contributed by atoms with E-state index in [0.29, 0.717) is 17.8 Å². The van der Waals surface area contributed by atoms with Gasteiger partial charge >= 0.3 is 0 Å². The maximum Gasteiger partial charge on any atom is 0.105 e. The first kappa shape index (κ1) is 12.1. The Morgan fingerprint density at radius 2 is 1.81 bits per heavy atom. The number of benzene rings is 1. The molecule has 2 aromatic rings. The number of aromatic nitrogens is 1. The Kier molecular flexibility index (Phi) is 2.21. The third-order valence-electron chi connectivity index (χ3n) is 6.35. The van der Waals surface area contributed by atoms with E-state index >= 15 is 0 Å². The monoisotopic (exact) mass is 282 g/mol. The van der Waals surface area contributed by atoms with Crippen LogP contribution in [0, 0.1) is 17.8 Å². The average Bonchev–Trinajstić information content (AvgIpc) is 2.73. The van der Waals surface area contributed by atoms with Crippen LogP contribution in [0.15, 0.2) is 24.3 Å². The minimum Gasteiger partial charge on any atom is -0.390 e. The first-order valence-corrected chi connectivity index (χ1v) is 8.21.